The highest BCUT2D eigenvalue weighted by Crippen LogP contribution is 2.28. The molecule has 3 rings (SSSR count). The summed E-state index contributed by atoms with van der Waals surface area (Å²) in [6, 6.07) is 15.9. The van der Waals surface area contributed by atoms with Gasteiger partial charge in [-0.15, -0.1) is 0 Å². The van der Waals surface area contributed by atoms with Crippen molar-refractivity contribution in [1.29, 1.82) is 0 Å². The first kappa shape index (κ1) is 21.0. The number of piperazine rings is 1. The Hall–Kier alpha value is -2.73. The highest BCUT2D eigenvalue weighted by atomic mass is 16.5. The van der Waals surface area contributed by atoms with E-state index in [-0.39, 0.29) is 11.9 Å². The molecule has 2 aromatic carbocycles. The van der Waals surface area contributed by atoms with Crippen LogP contribution in [0.3, 0.4) is 0 Å². The van der Waals surface area contributed by atoms with Crippen molar-refractivity contribution in [3.8, 4) is 11.5 Å². The molecule has 1 aliphatic rings. The molecule has 0 radical (unpaired) electrons. The van der Waals surface area contributed by atoms with Crippen molar-refractivity contribution < 1.29 is 14.3 Å². The second-order valence-corrected chi connectivity index (χ2v) is 7.26. The maximum atomic E-state index is 12.6. The van der Waals surface area contributed by atoms with Gasteiger partial charge in [0.25, 0.3) is 0 Å². The van der Waals surface area contributed by atoms with E-state index in [4.69, 9.17) is 9.47 Å². The molecule has 0 bridgehead atoms. The van der Waals surface area contributed by atoms with Gasteiger partial charge in [0.1, 0.15) is 11.5 Å². The number of rotatable bonds is 8. The van der Waals surface area contributed by atoms with E-state index in [2.05, 4.69) is 21.2 Å². The summed E-state index contributed by atoms with van der Waals surface area (Å²) in [5, 5.41) is 3.07. The minimum Gasteiger partial charge on any atom is -0.497 e. The lowest BCUT2D eigenvalue weighted by atomic mass is 10.1. The average Bonchev–Trinajstić information content (AvgIpc) is 2.79. The fraction of sp³-hybridized carbons (Fsp3) is 0.435. The summed E-state index contributed by atoms with van der Waals surface area (Å²) < 4.78 is 10.7. The number of anilines is 1. The van der Waals surface area contributed by atoms with E-state index in [0.717, 1.165) is 49.8 Å². The molecule has 1 atom stereocenters. The Bertz CT molecular complexity index is 786. The van der Waals surface area contributed by atoms with Crippen molar-refractivity contribution in [1.82, 2.24) is 10.2 Å². The van der Waals surface area contributed by atoms with Gasteiger partial charge >= 0.3 is 0 Å². The Labute approximate surface area is 173 Å². The van der Waals surface area contributed by atoms with E-state index in [0.29, 0.717) is 6.54 Å². The molecule has 1 aliphatic heterocycles. The molecule has 6 nitrogen and oxygen atoms in total. The van der Waals surface area contributed by atoms with Crippen LogP contribution in [-0.4, -0.2) is 63.8 Å². The van der Waals surface area contributed by atoms with Gasteiger partial charge in [-0.1, -0.05) is 24.3 Å². The number of carbonyl (C=O) groups excluding carboxylic acids is 1. The fourth-order valence-electron chi connectivity index (χ4n) is 3.68. The lowest BCUT2D eigenvalue weighted by Crippen LogP contribution is -2.54. The predicted molar refractivity (Wildman–Crippen MR) is 116 cm³/mol. The van der Waals surface area contributed by atoms with Crippen LogP contribution in [0.1, 0.15) is 12.5 Å². The number of ether oxygens (including phenoxy) is 2. The van der Waals surface area contributed by atoms with Crippen LogP contribution < -0.4 is 19.7 Å². The van der Waals surface area contributed by atoms with Gasteiger partial charge in [0.05, 0.1) is 25.9 Å². The van der Waals surface area contributed by atoms with Crippen molar-refractivity contribution in [2.45, 2.75) is 19.4 Å². The Morgan fingerprint density at radius 3 is 2.34 bits per heavy atom. The molecule has 2 aromatic rings. The van der Waals surface area contributed by atoms with E-state index in [1.165, 1.54) is 5.56 Å². The van der Waals surface area contributed by atoms with Crippen molar-refractivity contribution in [2.75, 3.05) is 51.8 Å². The van der Waals surface area contributed by atoms with Crippen LogP contribution in [0.2, 0.25) is 0 Å². The summed E-state index contributed by atoms with van der Waals surface area (Å²) >= 11 is 0. The second-order valence-electron chi connectivity index (χ2n) is 7.26. The van der Waals surface area contributed by atoms with Crippen LogP contribution >= 0.6 is 0 Å². The van der Waals surface area contributed by atoms with Gasteiger partial charge in [-0.25, -0.2) is 0 Å². The topological polar surface area (TPSA) is 54.0 Å². The molecule has 1 N–H and O–H groups in total. The van der Waals surface area contributed by atoms with Crippen LogP contribution in [0.4, 0.5) is 5.69 Å². The zero-order valence-corrected chi connectivity index (χ0v) is 17.6. The van der Waals surface area contributed by atoms with Gasteiger partial charge < -0.3 is 19.7 Å². The van der Waals surface area contributed by atoms with Crippen LogP contribution in [0.25, 0.3) is 0 Å². The Balaban J connectivity index is 1.44. The van der Waals surface area contributed by atoms with Gasteiger partial charge in [-0.05, 0) is 43.2 Å². The average molecular weight is 398 g/mol. The monoisotopic (exact) mass is 397 g/mol. The third-order valence-corrected chi connectivity index (χ3v) is 5.54. The van der Waals surface area contributed by atoms with E-state index >= 15 is 0 Å². The quantitative estimate of drug-likeness (QED) is 0.742. The lowest BCUT2D eigenvalue weighted by molar-refractivity contribution is -0.125. The van der Waals surface area contributed by atoms with E-state index in [9.17, 15) is 4.79 Å². The highest BCUT2D eigenvalue weighted by Gasteiger charge is 2.26. The molecule has 1 fully saturated rings. The standard InChI is InChI=1S/C23H31N3O3/c1-18(23(27)24-13-12-19-8-10-20(28-2)11-9-19)25-14-16-26(17-15-25)21-6-4-5-7-22(21)29-3/h4-11,18H,12-17H2,1-3H3,(H,24,27). The van der Waals surface area contributed by atoms with Crippen LogP contribution in [0.15, 0.2) is 48.5 Å². The Morgan fingerprint density at radius 1 is 1.00 bits per heavy atom. The normalized spacial score (nSPS) is 15.6. The van der Waals surface area contributed by atoms with E-state index < -0.39 is 0 Å². The van der Waals surface area contributed by atoms with Gasteiger partial charge in [-0.3, -0.25) is 9.69 Å². The molecule has 1 saturated heterocycles. The highest BCUT2D eigenvalue weighted by molar-refractivity contribution is 5.81. The summed E-state index contributed by atoms with van der Waals surface area (Å²) in [5.74, 6) is 1.83. The molecule has 29 heavy (non-hydrogen) atoms. The second kappa shape index (κ2) is 10.2. The number of benzene rings is 2. The van der Waals surface area contributed by atoms with E-state index in [1.807, 2.05) is 49.4 Å². The first-order valence-electron chi connectivity index (χ1n) is 10.1. The van der Waals surface area contributed by atoms with Crippen molar-refractivity contribution >= 4 is 11.6 Å². The maximum absolute atomic E-state index is 12.6. The third kappa shape index (κ3) is 5.41. The number of nitrogens with zero attached hydrogens (tertiary/aromatic N) is 2. The summed E-state index contributed by atoms with van der Waals surface area (Å²) in [5.41, 5.74) is 2.30. The number of para-hydroxylation sites is 2. The lowest BCUT2D eigenvalue weighted by Gasteiger charge is -2.38. The number of carbonyl (C=O) groups is 1. The molecule has 156 valence electrons. The minimum atomic E-state index is -0.134. The van der Waals surface area contributed by atoms with Gasteiger partial charge in [0.2, 0.25) is 5.91 Å². The van der Waals surface area contributed by atoms with Crippen molar-refractivity contribution in [3.63, 3.8) is 0 Å². The van der Waals surface area contributed by atoms with Crippen molar-refractivity contribution in [2.24, 2.45) is 0 Å². The number of methoxy groups -OCH3 is 2. The number of nitrogens with one attached hydrogen (secondary N) is 1. The molecule has 6 heteroatoms. The Morgan fingerprint density at radius 2 is 1.69 bits per heavy atom. The fourth-order valence-corrected chi connectivity index (χ4v) is 3.68. The zero-order valence-electron chi connectivity index (χ0n) is 17.6. The van der Waals surface area contributed by atoms with Crippen LogP contribution in [0, 0.1) is 0 Å². The molecule has 1 unspecified atom stereocenters. The van der Waals surface area contributed by atoms with Crippen LogP contribution in [-0.2, 0) is 11.2 Å². The molecule has 1 heterocycles. The van der Waals surface area contributed by atoms with Gasteiger partial charge in [0, 0.05) is 32.7 Å². The maximum Gasteiger partial charge on any atom is 0.237 e. The number of hydrogen-bond acceptors (Lipinski definition) is 5. The predicted octanol–water partition coefficient (Wildman–Crippen LogP) is 2.57. The molecule has 0 aromatic heterocycles. The first-order chi connectivity index (χ1) is 14.1. The smallest absolute Gasteiger partial charge is 0.237 e. The third-order valence-electron chi connectivity index (χ3n) is 5.54. The summed E-state index contributed by atoms with van der Waals surface area (Å²) in [6.07, 6.45) is 0.810. The van der Waals surface area contributed by atoms with Crippen molar-refractivity contribution in [3.05, 3.63) is 54.1 Å². The number of amides is 1. The van der Waals surface area contributed by atoms with Gasteiger partial charge in [-0.2, -0.15) is 0 Å². The SMILES string of the molecule is COc1ccc(CCNC(=O)C(C)N2CCN(c3ccccc3OC)CC2)cc1. The molecular formula is C23H31N3O3. The molecule has 1 amide bonds. The molecule has 0 aliphatic carbocycles. The molecule has 0 spiro atoms. The summed E-state index contributed by atoms with van der Waals surface area (Å²) in [7, 11) is 3.36. The number of hydrogen-bond donors (Lipinski definition) is 1. The largest absolute Gasteiger partial charge is 0.497 e. The first-order valence-corrected chi connectivity index (χ1v) is 10.1. The van der Waals surface area contributed by atoms with Crippen LogP contribution in [0.5, 0.6) is 11.5 Å². The minimum absolute atomic E-state index is 0.0873. The molecule has 0 saturated carbocycles. The van der Waals surface area contributed by atoms with Gasteiger partial charge in [0.15, 0.2) is 0 Å². The van der Waals surface area contributed by atoms with E-state index in [1.54, 1.807) is 14.2 Å². The summed E-state index contributed by atoms with van der Waals surface area (Å²) in [6.45, 7) is 6.09. The zero-order chi connectivity index (χ0) is 20.6. The Kier molecular flexibility index (Phi) is 7.36. The summed E-state index contributed by atoms with van der Waals surface area (Å²) in [4.78, 5) is 17.1. The molecular weight excluding hydrogens is 366 g/mol.